The third kappa shape index (κ3) is 4.51. The van der Waals surface area contributed by atoms with E-state index in [0.29, 0.717) is 6.04 Å². The molecule has 1 aromatic carbocycles. The summed E-state index contributed by atoms with van der Waals surface area (Å²) >= 11 is 0. The second-order valence-electron chi connectivity index (χ2n) is 6.12. The first kappa shape index (κ1) is 16.4. The highest BCUT2D eigenvalue weighted by atomic mass is 16.3. The van der Waals surface area contributed by atoms with Crippen LogP contribution in [0.3, 0.4) is 0 Å². The lowest BCUT2D eigenvalue weighted by atomic mass is 9.97. The van der Waals surface area contributed by atoms with Gasteiger partial charge in [-0.1, -0.05) is 37.3 Å². The highest BCUT2D eigenvalue weighted by Gasteiger charge is 2.32. The molecule has 0 aliphatic carbocycles. The standard InChI is InChI=1S/C17H28N2O2/c1-2-17(13-20,14-21)18-16-9-11-19(12-16)10-8-15-6-4-3-5-7-15/h3-7,16,18,20-21H,2,8-14H2,1H3. The van der Waals surface area contributed by atoms with E-state index in [2.05, 4.69) is 34.5 Å². The molecule has 21 heavy (non-hydrogen) atoms. The van der Waals surface area contributed by atoms with Crippen LogP contribution in [0.4, 0.5) is 0 Å². The van der Waals surface area contributed by atoms with E-state index in [0.717, 1.165) is 38.9 Å². The molecule has 1 aromatic rings. The fourth-order valence-corrected chi connectivity index (χ4v) is 2.99. The molecule has 0 saturated carbocycles. The van der Waals surface area contributed by atoms with E-state index in [4.69, 9.17) is 0 Å². The van der Waals surface area contributed by atoms with E-state index in [1.807, 2.05) is 13.0 Å². The molecule has 1 aliphatic heterocycles. The van der Waals surface area contributed by atoms with Gasteiger partial charge in [0.15, 0.2) is 0 Å². The predicted octanol–water partition coefficient (Wildman–Crippen LogP) is 1.03. The molecule has 2 rings (SSSR count). The highest BCUT2D eigenvalue weighted by Crippen LogP contribution is 2.16. The monoisotopic (exact) mass is 292 g/mol. The van der Waals surface area contributed by atoms with Gasteiger partial charge in [-0.05, 0) is 31.4 Å². The highest BCUT2D eigenvalue weighted by molar-refractivity contribution is 5.15. The van der Waals surface area contributed by atoms with E-state index < -0.39 is 5.54 Å². The van der Waals surface area contributed by atoms with E-state index in [-0.39, 0.29) is 13.2 Å². The van der Waals surface area contributed by atoms with Gasteiger partial charge in [0.05, 0.1) is 18.8 Å². The summed E-state index contributed by atoms with van der Waals surface area (Å²) < 4.78 is 0. The largest absolute Gasteiger partial charge is 0.394 e. The van der Waals surface area contributed by atoms with Gasteiger partial charge in [0.25, 0.3) is 0 Å². The zero-order chi connectivity index (χ0) is 15.1. The van der Waals surface area contributed by atoms with Crippen molar-refractivity contribution in [2.24, 2.45) is 0 Å². The summed E-state index contributed by atoms with van der Waals surface area (Å²) in [5.41, 5.74) is 0.850. The molecule has 0 amide bonds. The first-order valence-corrected chi connectivity index (χ1v) is 7.97. The van der Waals surface area contributed by atoms with Gasteiger partial charge in [-0.3, -0.25) is 0 Å². The van der Waals surface area contributed by atoms with E-state index in [9.17, 15) is 10.2 Å². The lowest BCUT2D eigenvalue weighted by Crippen LogP contribution is -2.56. The molecule has 0 spiro atoms. The Morgan fingerprint density at radius 1 is 1.24 bits per heavy atom. The van der Waals surface area contributed by atoms with Crippen molar-refractivity contribution in [1.29, 1.82) is 0 Å². The first-order chi connectivity index (χ1) is 10.2. The van der Waals surface area contributed by atoms with Crippen LogP contribution < -0.4 is 5.32 Å². The average Bonchev–Trinajstić information content (AvgIpc) is 2.99. The van der Waals surface area contributed by atoms with Gasteiger partial charge < -0.3 is 20.4 Å². The maximum atomic E-state index is 9.52. The molecule has 3 N–H and O–H groups in total. The lowest BCUT2D eigenvalue weighted by Gasteiger charge is -2.33. The van der Waals surface area contributed by atoms with Gasteiger partial charge in [-0.25, -0.2) is 0 Å². The smallest absolute Gasteiger partial charge is 0.0648 e. The number of aliphatic hydroxyl groups is 2. The number of likely N-dealkylation sites (tertiary alicyclic amines) is 1. The predicted molar refractivity (Wildman–Crippen MR) is 85.3 cm³/mol. The number of rotatable bonds is 8. The van der Waals surface area contributed by atoms with Crippen LogP contribution >= 0.6 is 0 Å². The van der Waals surface area contributed by atoms with Crippen LogP contribution in [0.5, 0.6) is 0 Å². The van der Waals surface area contributed by atoms with Crippen molar-refractivity contribution in [1.82, 2.24) is 10.2 Å². The Morgan fingerprint density at radius 3 is 2.57 bits per heavy atom. The van der Waals surface area contributed by atoms with Gasteiger partial charge in [-0.15, -0.1) is 0 Å². The summed E-state index contributed by atoms with van der Waals surface area (Å²) in [6.07, 6.45) is 2.89. The van der Waals surface area contributed by atoms with Crippen molar-refractivity contribution >= 4 is 0 Å². The van der Waals surface area contributed by atoms with Crippen LogP contribution in [-0.2, 0) is 6.42 Å². The van der Waals surface area contributed by atoms with Crippen LogP contribution in [0, 0.1) is 0 Å². The summed E-state index contributed by atoms with van der Waals surface area (Å²) in [6, 6.07) is 10.9. The van der Waals surface area contributed by atoms with Crippen LogP contribution in [-0.4, -0.2) is 59.5 Å². The zero-order valence-corrected chi connectivity index (χ0v) is 13.0. The number of hydrogen-bond donors (Lipinski definition) is 3. The number of hydrogen-bond acceptors (Lipinski definition) is 4. The van der Waals surface area contributed by atoms with Crippen LogP contribution in [0.1, 0.15) is 25.3 Å². The topological polar surface area (TPSA) is 55.7 Å². The van der Waals surface area contributed by atoms with E-state index in [1.54, 1.807) is 0 Å². The van der Waals surface area contributed by atoms with Gasteiger partial charge in [-0.2, -0.15) is 0 Å². The maximum absolute atomic E-state index is 9.52. The average molecular weight is 292 g/mol. The molecular formula is C17H28N2O2. The Kier molecular flexibility index (Phi) is 6.18. The third-order valence-electron chi connectivity index (χ3n) is 4.62. The molecule has 118 valence electrons. The summed E-state index contributed by atoms with van der Waals surface area (Å²) in [6.45, 7) is 5.12. The molecule has 1 unspecified atom stereocenters. The minimum Gasteiger partial charge on any atom is -0.394 e. The van der Waals surface area contributed by atoms with Crippen molar-refractivity contribution in [2.45, 2.75) is 37.8 Å². The number of nitrogens with zero attached hydrogens (tertiary/aromatic N) is 1. The van der Waals surface area contributed by atoms with Gasteiger partial charge in [0.2, 0.25) is 0 Å². The Bertz CT molecular complexity index is 398. The Morgan fingerprint density at radius 2 is 1.95 bits per heavy atom. The van der Waals surface area contributed by atoms with Gasteiger partial charge in [0.1, 0.15) is 0 Å². The third-order valence-corrected chi connectivity index (χ3v) is 4.62. The molecule has 1 saturated heterocycles. The molecule has 4 nitrogen and oxygen atoms in total. The van der Waals surface area contributed by atoms with Crippen molar-refractivity contribution in [3.8, 4) is 0 Å². The SMILES string of the molecule is CCC(CO)(CO)NC1CCN(CCc2ccccc2)C1. The van der Waals surface area contributed by atoms with Crippen molar-refractivity contribution < 1.29 is 10.2 Å². The molecule has 0 aromatic heterocycles. The van der Waals surface area contributed by atoms with Crippen molar-refractivity contribution in [3.63, 3.8) is 0 Å². The molecule has 0 radical (unpaired) electrons. The Labute approximate surface area is 127 Å². The van der Waals surface area contributed by atoms with Crippen molar-refractivity contribution in [3.05, 3.63) is 35.9 Å². The van der Waals surface area contributed by atoms with Crippen LogP contribution in [0.2, 0.25) is 0 Å². The first-order valence-electron chi connectivity index (χ1n) is 7.97. The van der Waals surface area contributed by atoms with Gasteiger partial charge >= 0.3 is 0 Å². The van der Waals surface area contributed by atoms with Crippen LogP contribution in [0.25, 0.3) is 0 Å². The maximum Gasteiger partial charge on any atom is 0.0648 e. The summed E-state index contributed by atoms with van der Waals surface area (Å²) in [5, 5.41) is 22.5. The zero-order valence-electron chi connectivity index (χ0n) is 13.0. The summed E-state index contributed by atoms with van der Waals surface area (Å²) in [4.78, 5) is 2.46. The second-order valence-corrected chi connectivity index (χ2v) is 6.12. The molecule has 0 bridgehead atoms. The van der Waals surface area contributed by atoms with E-state index in [1.165, 1.54) is 5.56 Å². The lowest BCUT2D eigenvalue weighted by molar-refractivity contribution is 0.0781. The number of benzene rings is 1. The van der Waals surface area contributed by atoms with Crippen molar-refractivity contribution in [2.75, 3.05) is 32.8 Å². The molecule has 1 heterocycles. The Balaban J connectivity index is 1.78. The minimum atomic E-state index is -0.528. The second kappa shape index (κ2) is 7.90. The van der Waals surface area contributed by atoms with Crippen LogP contribution in [0.15, 0.2) is 30.3 Å². The molecule has 1 atom stereocenters. The fraction of sp³-hybridized carbons (Fsp3) is 0.647. The Hall–Kier alpha value is -0.940. The number of nitrogens with one attached hydrogen (secondary N) is 1. The fourth-order valence-electron chi connectivity index (χ4n) is 2.99. The number of aliphatic hydroxyl groups excluding tert-OH is 2. The minimum absolute atomic E-state index is 0.0134. The molecule has 1 aliphatic rings. The quantitative estimate of drug-likeness (QED) is 0.670. The summed E-state index contributed by atoms with van der Waals surface area (Å²) in [5.74, 6) is 0. The van der Waals surface area contributed by atoms with E-state index >= 15 is 0 Å². The summed E-state index contributed by atoms with van der Waals surface area (Å²) in [7, 11) is 0. The van der Waals surface area contributed by atoms with Gasteiger partial charge in [0, 0.05) is 19.1 Å². The normalized spacial score (nSPS) is 20.0. The molecular weight excluding hydrogens is 264 g/mol. The molecule has 4 heteroatoms. The molecule has 1 fully saturated rings.